The van der Waals surface area contributed by atoms with Gasteiger partial charge in [-0.15, -0.1) is 0 Å². The van der Waals surface area contributed by atoms with E-state index in [1.54, 1.807) is 0 Å². The number of hydroxylamine groups is 1. The third-order valence-corrected chi connectivity index (χ3v) is 6.86. The number of hydrogen-bond donors (Lipinski definition) is 3. The highest BCUT2D eigenvalue weighted by molar-refractivity contribution is 7.92. The average molecular weight is 442 g/mol. The fourth-order valence-corrected chi connectivity index (χ4v) is 3.61. The molecule has 2 aromatic rings. The van der Waals surface area contributed by atoms with Crippen molar-refractivity contribution in [1.82, 2.24) is 10.0 Å². The van der Waals surface area contributed by atoms with Gasteiger partial charge in [0.25, 0.3) is 11.5 Å². The van der Waals surface area contributed by atoms with Gasteiger partial charge in [0, 0.05) is 36.7 Å². The Balaban J connectivity index is 2.26. The van der Waals surface area contributed by atoms with Gasteiger partial charge in [0.1, 0.15) is 18.2 Å². The summed E-state index contributed by atoms with van der Waals surface area (Å²) in [6.45, 7) is 0.852. The molecule has 0 saturated heterocycles. The van der Waals surface area contributed by atoms with Crippen LogP contribution in [0.25, 0.3) is 11.1 Å². The molecule has 164 valence electrons. The van der Waals surface area contributed by atoms with Crippen LogP contribution in [-0.2, 0) is 21.2 Å². The lowest BCUT2D eigenvalue weighted by atomic mass is 10.1. The molecule has 0 radical (unpaired) electrons. The maximum Gasteiger partial charge on any atom is 0.264 e. The van der Waals surface area contributed by atoms with Crippen LogP contribution < -0.4 is 15.8 Å². The van der Waals surface area contributed by atoms with E-state index in [2.05, 4.69) is 0 Å². The number of benzene rings is 1. The molecule has 0 aliphatic carbocycles. The zero-order valence-corrected chi connectivity index (χ0v) is 17.3. The second-order valence-electron chi connectivity index (χ2n) is 6.85. The number of aryl methyl sites for hydroxylation is 1. The number of ether oxygens (including phenoxy) is 1. The molecule has 3 N–H and O–H groups in total. The Bertz CT molecular complexity index is 1080. The molecule has 0 aliphatic heterocycles. The van der Waals surface area contributed by atoms with E-state index in [9.17, 15) is 22.4 Å². The Morgan fingerprint density at radius 1 is 1.30 bits per heavy atom. The van der Waals surface area contributed by atoms with Gasteiger partial charge in [-0.1, -0.05) is 0 Å². The Kier molecular flexibility index (Phi) is 7.34. The molecule has 30 heavy (non-hydrogen) atoms. The predicted octanol–water partition coefficient (Wildman–Crippen LogP) is 0.724. The highest BCUT2D eigenvalue weighted by Gasteiger charge is 2.43. The summed E-state index contributed by atoms with van der Waals surface area (Å²) in [6.07, 6.45) is 1.97. The molecule has 11 heteroatoms. The van der Waals surface area contributed by atoms with Gasteiger partial charge in [0.2, 0.25) is 0 Å². The standard InChI is InChI=1S/C19H23FN2O7S/c1-19(18(25)21-26,30(2,27)28)6-8-22-7-5-13(11-17(22)24)15-4-3-14(12-16(15)20)29-10-9-23/h3-5,7,11-12,23,26H,6,8-10H2,1-2H3,(H,21,25). The van der Waals surface area contributed by atoms with Crippen molar-refractivity contribution in [1.29, 1.82) is 0 Å². The Morgan fingerprint density at radius 3 is 2.53 bits per heavy atom. The molecule has 0 aliphatic rings. The number of carbonyl (C=O) groups is 1. The van der Waals surface area contributed by atoms with Crippen LogP contribution in [0.1, 0.15) is 13.3 Å². The SMILES string of the molecule is CC(CCn1ccc(-c2ccc(OCCO)cc2F)cc1=O)(C(=O)NO)S(C)(=O)=O. The van der Waals surface area contributed by atoms with E-state index < -0.39 is 31.9 Å². The van der Waals surface area contributed by atoms with Gasteiger partial charge in [-0.05, 0) is 37.1 Å². The molecular formula is C19H23FN2O7S. The minimum atomic E-state index is -3.89. The first kappa shape index (κ1) is 23.5. The number of carbonyl (C=O) groups excluding carboxylic acids is 1. The molecule has 0 fully saturated rings. The Hall–Kier alpha value is -2.76. The summed E-state index contributed by atoms with van der Waals surface area (Å²) in [5, 5.41) is 17.6. The first-order valence-electron chi connectivity index (χ1n) is 8.91. The van der Waals surface area contributed by atoms with Gasteiger partial charge >= 0.3 is 0 Å². The van der Waals surface area contributed by atoms with E-state index in [0.717, 1.165) is 19.2 Å². The van der Waals surface area contributed by atoms with Crippen LogP contribution in [0.4, 0.5) is 4.39 Å². The number of nitrogens with one attached hydrogen (secondary N) is 1. The summed E-state index contributed by atoms with van der Waals surface area (Å²) in [6, 6.07) is 6.76. The molecule has 0 spiro atoms. The van der Waals surface area contributed by atoms with Crippen molar-refractivity contribution in [2.24, 2.45) is 0 Å². The molecule has 9 nitrogen and oxygen atoms in total. The van der Waals surface area contributed by atoms with Gasteiger partial charge < -0.3 is 14.4 Å². The van der Waals surface area contributed by atoms with Gasteiger partial charge in [-0.25, -0.2) is 18.3 Å². The number of aliphatic hydroxyl groups excluding tert-OH is 1. The third kappa shape index (κ3) is 5.04. The quantitative estimate of drug-likeness (QED) is 0.385. The summed E-state index contributed by atoms with van der Waals surface area (Å²) in [4.78, 5) is 24.3. The maximum absolute atomic E-state index is 14.4. The first-order valence-corrected chi connectivity index (χ1v) is 10.8. The fraction of sp³-hybridized carbons (Fsp3) is 0.368. The largest absolute Gasteiger partial charge is 0.491 e. The van der Waals surface area contributed by atoms with Crippen molar-refractivity contribution in [2.75, 3.05) is 19.5 Å². The molecule has 1 aromatic carbocycles. The summed E-state index contributed by atoms with van der Waals surface area (Å²) in [7, 11) is -3.89. The van der Waals surface area contributed by atoms with Crippen molar-refractivity contribution in [3.63, 3.8) is 0 Å². The number of aliphatic hydroxyl groups is 1. The van der Waals surface area contributed by atoms with Crippen LogP contribution >= 0.6 is 0 Å². The number of hydrogen-bond acceptors (Lipinski definition) is 7. The molecule has 1 atom stereocenters. The molecule has 2 rings (SSSR count). The number of aromatic nitrogens is 1. The maximum atomic E-state index is 14.4. The average Bonchev–Trinajstić information content (AvgIpc) is 2.69. The normalized spacial score (nSPS) is 13.5. The monoisotopic (exact) mass is 442 g/mol. The molecule has 1 unspecified atom stereocenters. The van der Waals surface area contributed by atoms with Crippen LogP contribution in [0.15, 0.2) is 41.3 Å². The lowest BCUT2D eigenvalue weighted by Gasteiger charge is -2.25. The molecule has 1 amide bonds. The zero-order valence-electron chi connectivity index (χ0n) is 16.5. The minimum Gasteiger partial charge on any atom is -0.491 e. The number of nitrogens with zero attached hydrogens (tertiary/aromatic N) is 1. The zero-order chi connectivity index (χ0) is 22.5. The highest BCUT2D eigenvalue weighted by Crippen LogP contribution is 2.26. The van der Waals surface area contributed by atoms with Crippen LogP contribution in [-0.4, -0.2) is 53.4 Å². The van der Waals surface area contributed by atoms with Crippen LogP contribution in [0.5, 0.6) is 5.75 Å². The minimum absolute atomic E-state index is 0.0233. The van der Waals surface area contributed by atoms with Crippen molar-refractivity contribution < 1.29 is 32.7 Å². The number of rotatable bonds is 9. The molecule has 0 saturated carbocycles. The predicted molar refractivity (Wildman–Crippen MR) is 106 cm³/mol. The van der Waals surface area contributed by atoms with Crippen LogP contribution in [0.3, 0.4) is 0 Å². The van der Waals surface area contributed by atoms with E-state index >= 15 is 0 Å². The van der Waals surface area contributed by atoms with E-state index in [4.69, 9.17) is 15.1 Å². The highest BCUT2D eigenvalue weighted by atomic mass is 32.2. The van der Waals surface area contributed by atoms with Crippen LogP contribution in [0, 0.1) is 5.82 Å². The Labute approximate surface area is 172 Å². The number of amides is 1. The van der Waals surface area contributed by atoms with Crippen molar-refractivity contribution in [2.45, 2.75) is 24.6 Å². The van der Waals surface area contributed by atoms with Crippen molar-refractivity contribution in [3.05, 3.63) is 52.7 Å². The summed E-state index contributed by atoms with van der Waals surface area (Å²) in [5.74, 6) is -1.48. The number of sulfone groups is 1. The first-order chi connectivity index (χ1) is 14.0. The number of halogens is 1. The van der Waals surface area contributed by atoms with Crippen molar-refractivity contribution >= 4 is 15.7 Å². The smallest absolute Gasteiger partial charge is 0.264 e. The second kappa shape index (κ2) is 9.37. The molecule has 1 heterocycles. The van der Waals surface area contributed by atoms with E-state index in [1.165, 1.54) is 40.5 Å². The van der Waals surface area contributed by atoms with Gasteiger partial charge in [-0.2, -0.15) is 0 Å². The van der Waals surface area contributed by atoms with E-state index in [1.807, 2.05) is 0 Å². The lowest BCUT2D eigenvalue weighted by Crippen LogP contribution is -2.49. The summed E-state index contributed by atoms with van der Waals surface area (Å²) in [5.41, 5.74) is 1.30. The Morgan fingerprint density at radius 2 is 2.00 bits per heavy atom. The summed E-state index contributed by atoms with van der Waals surface area (Å²) < 4.78 is 42.8. The topological polar surface area (TPSA) is 135 Å². The van der Waals surface area contributed by atoms with Crippen LogP contribution in [0.2, 0.25) is 0 Å². The molecule has 0 bridgehead atoms. The third-order valence-electron chi connectivity index (χ3n) is 4.84. The molecular weight excluding hydrogens is 419 g/mol. The van der Waals surface area contributed by atoms with Gasteiger partial charge in [-0.3, -0.25) is 14.8 Å². The van der Waals surface area contributed by atoms with E-state index in [0.29, 0.717) is 5.56 Å². The van der Waals surface area contributed by atoms with Crippen molar-refractivity contribution in [3.8, 4) is 16.9 Å². The van der Waals surface area contributed by atoms with Gasteiger partial charge in [0.05, 0.1) is 6.61 Å². The lowest BCUT2D eigenvalue weighted by molar-refractivity contribution is -0.131. The van der Waals surface area contributed by atoms with Gasteiger partial charge in [0.15, 0.2) is 14.6 Å². The fourth-order valence-electron chi connectivity index (χ4n) is 2.76. The summed E-state index contributed by atoms with van der Waals surface area (Å²) >= 11 is 0. The van der Waals surface area contributed by atoms with E-state index in [-0.39, 0.29) is 37.5 Å². The number of pyridine rings is 1. The second-order valence-corrected chi connectivity index (χ2v) is 9.30. The molecule has 1 aromatic heterocycles.